The van der Waals surface area contributed by atoms with Crippen molar-refractivity contribution in [3.05, 3.63) is 24.2 Å². The highest BCUT2D eigenvalue weighted by Gasteiger charge is 2.21. The van der Waals surface area contributed by atoms with E-state index in [1.807, 2.05) is 30.5 Å². The molecular formula is C14H19ClN4O. The zero-order valence-electron chi connectivity index (χ0n) is 11.8. The van der Waals surface area contributed by atoms with Crippen molar-refractivity contribution in [2.24, 2.45) is 0 Å². The van der Waals surface area contributed by atoms with Gasteiger partial charge in [0.2, 0.25) is 5.91 Å². The molecule has 20 heavy (non-hydrogen) atoms. The molecule has 0 radical (unpaired) electrons. The minimum atomic E-state index is -0.348. The predicted octanol–water partition coefficient (Wildman–Crippen LogP) is 2.30. The summed E-state index contributed by atoms with van der Waals surface area (Å²) in [5.41, 5.74) is 1.52. The Bertz CT molecular complexity index is 596. The molecule has 1 atom stereocenters. The lowest BCUT2D eigenvalue weighted by Crippen LogP contribution is -2.32. The maximum Gasteiger partial charge on any atom is 0.242 e. The van der Waals surface area contributed by atoms with Crippen molar-refractivity contribution in [2.45, 2.75) is 32.7 Å². The molecule has 2 aromatic heterocycles. The topological polar surface area (TPSA) is 59.8 Å². The number of halogens is 1. The van der Waals surface area contributed by atoms with Crippen LogP contribution >= 0.6 is 11.6 Å². The molecule has 1 amide bonds. The van der Waals surface area contributed by atoms with Gasteiger partial charge in [0, 0.05) is 25.0 Å². The first-order valence-corrected chi connectivity index (χ1v) is 7.38. The third kappa shape index (κ3) is 2.93. The second-order valence-electron chi connectivity index (χ2n) is 4.65. The first-order valence-electron chi connectivity index (χ1n) is 6.84. The van der Waals surface area contributed by atoms with Crippen LogP contribution in [0.15, 0.2) is 18.3 Å². The number of aryl methyl sites for hydroxylation is 1. The van der Waals surface area contributed by atoms with Gasteiger partial charge in [-0.2, -0.15) is 0 Å². The fourth-order valence-corrected chi connectivity index (χ4v) is 2.33. The minimum Gasteiger partial charge on any atom is -0.354 e. The lowest BCUT2D eigenvalue weighted by atomic mass is 10.2. The molecule has 1 unspecified atom stereocenters. The van der Waals surface area contributed by atoms with Crippen LogP contribution in [0.1, 0.15) is 32.1 Å². The molecule has 0 saturated carbocycles. The van der Waals surface area contributed by atoms with Gasteiger partial charge in [0.15, 0.2) is 5.65 Å². The number of aromatic nitrogens is 3. The number of hydrogen-bond acceptors (Lipinski definition) is 3. The fraction of sp³-hybridized carbons (Fsp3) is 0.500. The summed E-state index contributed by atoms with van der Waals surface area (Å²) in [5.74, 6) is 1.24. The van der Waals surface area contributed by atoms with Crippen molar-refractivity contribution >= 4 is 28.7 Å². The monoisotopic (exact) mass is 294 g/mol. The Kier molecular flexibility index (Phi) is 4.95. The van der Waals surface area contributed by atoms with Gasteiger partial charge in [-0.25, -0.2) is 9.97 Å². The third-order valence-corrected chi connectivity index (χ3v) is 3.34. The zero-order chi connectivity index (χ0) is 14.5. The molecule has 0 fully saturated rings. The molecule has 0 aliphatic heterocycles. The molecule has 0 saturated heterocycles. The van der Waals surface area contributed by atoms with Gasteiger partial charge >= 0.3 is 0 Å². The van der Waals surface area contributed by atoms with Crippen LogP contribution in [-0.2, 0) is 11.2 Å². The van der Waals surface area contributed by atoms with Crippen LogP contribution in [0.2, 0.25) is 0 Å². The molecule has 2 rings (SSSR count). The summed E-state index contributed by atoms with van der Waals surface area (Å²) in [5, 5.41) is 2.91. The zero-order valence-corrected chi connectivity index (χ0v) is 12.5. The highest BCUT2D eigenvalue weighted by molar-refractivity contribution is 6.17. The molecule has 1 N–H and O–H groups in total. The van der Waals surface area contributed by atoms with Gasteiger partial charge in [-0.3, -0.25) is 4.79 Å². The molecule has 2 aromatic rings. The number of fused-ring (bicyclic) bond motifs is 1. The molecule has 5 nitrogen and oxygen atoms in total. The Morgan fingerprint density at radius 2 is 2.35 bits per heavy atom. The minimum absolute atomic E-state index is 0.0207. The van der Waals surface area contributed by atoms with Crippen LogP contribution in [0.3, 0.4) is 0 Å². The number of rotatable bonds is 6. The maximum absolute atomic E-state index is 12.2. The van der Waals surface area contributed by atoms with Gasteiger partial charge in [0.1, 0.15) is 17.4 Å². The molecule has 0 aliphatic carbocycles. The summed E-state index contributed by atoms with van der Waals surface area (Å²) >= 11 is 5.83. The van der Waals surface area contributed by atoms with E-state index in [-0.39, 0.29) is 11.9 Å². The first-order chi connectivity index (χ1) is 9.69. The molecular weight excluding hydrogens is 276 g/mol. The Labute approximate surface area is 123 Å². The number of carbonyl (C=O) groups excluding carboxylic acids is 1. The second kappa shape index (κ2) is 6.70. The highest BCUT2D eigenvalue weighted by atomic mass is 35.5. The molecule has 0 aliphatic rings. The lowest BCUT2D eigenvalue weighted by Gasteiger charge is -2.16. The van der Waals surface area contributed by atoms with E-state index in [0.29, 0.717) is 18.8 Å². The quantitative estimate of drug-likeness (QED) is 0.832. The van der Waals surface area contributed by atoms with E-state index in [9.17, 15) is 4.79 Å². The smallest absolute Gasteiger partial charge is 0.242 e. The van der Waals surface area contributed by atoms with Crippen molar-refractivity contribution in [3.8, 4) is 0 Å². The van der Waals surface area contributed by atoms with Crippen molar-refractivity contribution in [1.29, 1.82) is 0 Å². The molecule has 108 valence electrons. The Morgan fingerprint density at radius 1 is 1.55 bits per heavy atom. The van der Waals surface area contributed by atoms with Gasteiger partial charge in [0.05, 0.1) is 0 Å². The molecule has 6 heteroatoms. The Balaban J connectivity index is 2.39. The van der Waals surface area contributed by atoms with Gasteiger partial charge < -0.3 is 9.88 Å². The number of imidazole rings is 1. The molecule has 0 spiro atoms. The van der Waals surface area contributed by atoms with E-state index < -0.39 is 0 Å². The normalized spacial score (nSPS) is 12.6. The highest BCUT2D eigenvalue weighted by Crippen LogP contribution is 2.20. The van der Waals surface area contributed by atoms with Crippen LogP contribution in [0.4, 0.5) is 0 Å². The van der Waals surface area contributed by atoms with Gasteiger partial charge in [-0.05, 0) is 25.5 Å². The summed E-state index contributed by atoms with van der Waals surface area (Å²) in [6.07, 6.45) is 3.24. The predicted molar refractivity (Wildman–Crippen MR) is 80.0 cm³/mol. The van der Waals surface area contributed by atoms with Crippen molar-refractivity contribution in [1.82, 2.24) is 19.9 Å². The van der Waals surface area contributed by atoms with Crippen LogP contribution in [0.5, 0.6) is 0 Å². The molecule has 0 bridgehead atoms. The number of alkyl halides is 1. The average molecular weight is 295 g/mol. The van der Waals surface area contributed by atoms with Crippen molar-refractivity contribution in [2.75, 3.05) is 12.4 Å². The summed E-state index contributed by atoms with van der Waals surface area (Å²) in [4.78, 5) is 21.0. The summed E-state index contributed by atoms with van der Waals surface area (Å²) in [6.45, 7) is 4.56. The third-order valence-electron chi connectivity index (χ3n) is 3.16. The molecule has 0 aromatic carbocycles. The van der Waals surface area contributed by atoms with E-state index in [4.69, 9.17) is 11.6 Å². The number of amides is 1. The standard InChI is InChI=1S/C14H19ClN4O/c1-3-8-17-14(20)10(2)19-12(6-7-15)18-11-5-4-9-16-13(11)19/h4-5,9-10H,3,6-8H2,1-2H3,(H,17,20). The number of nitrogens with one attached hydrogen (secondary N) is 1. The number of pyridine rings is 1. The van der Waals surface area contributed by atoms with Gasteiger partial charge in [-0.1, -0.05) is 6.92 Å². The number of carbonyl (C=O) groups is 1. The maximum atomic E-state index is 12.2. The van der Waals surface area contributed by atoms with E-state index in [2.05, 4.69) is 15.3 Å². The van der Waals surface area contributed by atoms with E-state index in [1.165, 1.54) is 0 Å². The Morgan fingerprint density at radius 3 is 3.05 bits per heavy atom. The van der Waals surface area contributed by atoms with E-state index in [1.54, 1.807) is 6.20 Å². The van der Waals surface area contributed by atoms with Gasteiger partial charge in [0.25, 0.3) is 0 Å². The average Bonchev–Trinajstić information content (AvgIpc) is 2.82. The lowest BCUT2D eigenvalue weighted by molar-refractivity contribution is -0.123. The Hall–Kier alpha value is -1.62. The van der Waals surface area contributed by atoms with Crippen LogP contribution in [0, 0.1) is 0 Å². The summed E-state index contributed by atoms with van der Waals surface area (Å²) < 4.78 is 1.88. The number of nitrogens with zero attached hydrogens (tertiary/aromatic N) is 3. The van der Waals surface area contributed by atoms with Crippen molar-refractivity contribution in [3.63, 3.8) is 0 Å². The van der Waals surface area contributed by atoms with Gasteiger partial charge in [-0.15, -0.1) is 11.6 Å². The van der Waals surface area contributed by atoms with E-state index >= 15 is 0 Å². The SMILES string of the molecule is CCCNC(=O)C(C)n1c(CCCl)nc2cccnc21. The van der Waals surface area contributed by atoms with E-state index in [0.717, 1.165) is 23.4 Å². The van der Waals surface area contributed by atoms with Crippen LogP contribution in [-0.4, -0.2) is 32.9 Å². The second-order valence-corrected chi connectivity index (χ2v) is 5.03. The summed E-state index contributed by atoms with van der Waals surface area (Å²) in [6, 6.07) is 3.39. The largest absolute Gasteiger partial charge is 0.354 e. The van der Waals surface area contributed by atoms with Crippen molar-refractivity contribution < 1.29 is 4.79 Å². The van der Waals surface area contributed by atoms with Crippen LogP contribution < -0.4 is 5.32 Å². The molecule has 2 heterocycles. The van der Waals surface area contributed by atoms with Crippen LogP contribution in [0.25, 0.3) is 11.2 Å². The fourth-order valence-electron chi connectivity index (χ4n) is 2.16. The summed E-state index contributed by atoms with van der Waals surface area (Å²) in [7, 11) is 0. The first kappa shape index (κ1) is 14.8. The number of hydrogen-bond donors (Lipinski definition) is 1.